The van der Waals surface area contributed by atoms with Gasteiger partial charge in [-0.05, 0) is 49.5 Å². The van der Waals surface area contributed by atoms with Crippen molar-refractivity contribution in [3.63, 3.8) is 0 Å². The molecule has 0 aromatic rings. The Morgan fingerprint density at radius 3 is 2.26 bits per heavy atom. The lowest BCUT2D eigenvalue weighted by atomic mass is 9.76. The fourth-order valence-corrected chi connectivity index (χ4v) is 3.27. The Labute approximate surface area is 133 Å². The summed E-state index contributed by atoms with van der Waals surface area (Å²) in [5.74, 6) is -3.64. The van der Waals surface area contributed by atoms with Gasteiger partial charge < -0.3 is 4.74 Å². The molecule has 1 atom stereocenters. The molecule has 0 radical (unpaired) electrons. The van der Waals surface area contributed by atoms with Gasteiger partial charge in [-0.2, -0.15) is 17.6 Å². The molecule has 132 valence electrons. The zero-order valence-electron chi connectivity index (χ0n) is 13.2. The van der Waals surface area contributed by atoms with E-state index in [1.807, 2.05) is 0 Å². The van der Waals surface area contributed by atoms with E-state index < -0.39 is 24.8 Å². The molecule has 2 aliphatic carbocycles. The minimum absolute atomic E-state index is 0.109. The van der Waals surface area contributed by atoms with E-state index in [2.05, 4.69) is 11.7 Å². The van der Waals surface area contributed by atoms with Crippen LogP contribution < -0.4 is 0 Å². The largest absolute Gasteiger partial charge is 0.422 e. The van der Waals surface area contributed by atoms with Crippen molar-refractivity contribution < 1.29 is 26.7 Å². The van der Waals surface area contributed by atoms with E-state index in [1.54, 1.807) is 12.2 Å². The molecule has 1 unspecified atom stereocenters. The van der Waals surface area contributed by atoms with E-state index >= 15 is 0 Å². The van der Waals surface area contributed by atoms with Crippen LogP contribution in [0.2, 0.25) is 0 Å². The van der Waals surface area contributed by atoms with E-state index in [0.29, 0.717) is 5.92 Å². The summed E-state index contributed by atoms with van der Waals surface area (Å²) in [6.45, 7) is -0.266. The van der Waals surface area contributed by atoms with Crippen LogP contribution in [0.4, 0.5) is 22.0 Å². The summed E-state index contributed by atoms with van der Waals surface area (Å²) < 4.78 is 68.4. The Hall–Kier alpha value is -0.910. The standard InChI is InChI=1S/C17H23F5O/c1-2-12-3-5-13(6-4-12)14-7-9-15(10-8-14)23-17(21,22)16(19,20)11-18/h7-9,12-13,15H,2-6,10-11H2,1H3. The highest BCUT2D eigenvalue weighted by molar-refractivity contribution is 5.27. The van der Waals surface area contributed by atoms with Gasteiger partial charge in [0.25, 0.3) is 0 Å². The van der Waals surface area contributed by atoms with Gasteiger partial charge in [-0.1, -0.05) is 31.6 Å². The van der Waals surface area contributed by atoms with Gasteiger partial charge in [0.05, 0.1) is 6.10 Å². The summed E-state index contributed by atoms with van der Waals surface area (Å²) in [7, 11) is 0. The van der Waals surface area contributed by atoms with Gasteiger partial charge in [0.2, 0.25) is 0 Å². The van der Waals surface area contributed by atoms with Gasteiger partial charge in [-0.25, -0.2) is 4.39 Å². The van der Waals surface area contributed by atoms with Crippen LogP contribution in [-0.4, -0.2) is 24.8 Å². The molecule has 0 amide bonds. The van der Waals surface area contributed by atoms with E-state index in [9.17, 15) is 22.0 Å². The topological polar surface area (TPSA) is 9.23 Å². The van der Waals surface area contributed by atoms with Gasteiger partial charge in [0, 0.05) is 0 Å². The highest BCUT2D eigenvalue weighted by atomic mass is 19.3. The van der Waals surface area contributed by atoms with Crippen LogP contribution in [0.25, 0.3) is 0 Å². The molecule has 1 saturated carbocycles. The summed E-state index contributed by atoms with van der Waals surface area (Å²) in [5.41, 5.74) is 1.07. The first-order valence-electron chi connectivity index (χ1n) is 8.16. The molecule has 0 heterocycles. The summed E-state index contributed by atoms with van der Waals surface area (Å²) in [6.07, 6.45) is 4.63. The summed E-state index contributed by atoms with van der Waals surface area (Å²) in [6, 6.07) is 0. The lowest BCUT2D eigenvalue weighted by Gasteiger charge is -2.31. The van der Waals surface area contributed by atoms with E-state index in [-0.39, 0.29) is 6.42 Å². The third-order valence-electron chi connectivity index (χ3n) is 4.88. The second-order valence-corrected chi connectivity index (χ2v) is 6.44. The Morgan fingerprint density at radius 2 is 1.78 bits per heavy atom. The Bertz CT molecular complexity index is 450. The third-order valence-corrected chi connectivity index (χ3v) is 4.88. The summed E-state index contributed by atoms with van der Waals surface area (Å²) in [4.78, 5) is 0. The first-order chi connectivity index (χ1) is 10.8. The molecule has 0 saturated heterocycles. The van der Waals surface area contributed by atoms with Crippen molar-refractivity contribution in [2.45, 2.75) is 63.6 Å². The van der Waals surface area contributed by atoms with Crippen molar-refractivity contribution in [2.75, 3.05) is 6.67 Å². The molecule has 6 heteroatoms. The molecular weight excluding hydrogens is 315 g/mol. The summed E-state index contributed by atoms with van der Waals surface area (Å²) in [5, 5.41) is 0. The maximum Gasteiger partial charge on any atom is 0.422 e. The molecule has 0 aromatic carbocycles. The maximum atomic E-state index is 13.3. The van der Waals surface area contributed by atoms with Crippen LogP contribution in [0.3, 0.4) is 0 Å². The number of halogens is 5. The Morgan fingerprint density at radius 1 is 1.13 bits per heavy atom. The lowest BCUT2D eigenvalue weighted by molar-refractivity contribution is -0.358. The number of allylic oxidation sites excluding steroid dienone is 2. The van der Waals surface area contributed by atoms with Gasteiger partial charge in [0.15, 0.2) is 6.67 Å². The normalized spacial score (nSPS) is 29.5. The van der Waals surface area contributed by atoms with E-state index in [0.717, 1.165) is 37.2 Å². The number of alkyl halides is 5. The predicted molar refractivity (Wildman–Crippen MR) is 78.3 cm³/mol. The van der Waals surface area contributed by atoms with Crippen molar-refractivity contribution in [1.82, 2.24) is 0 Å². The molecule has 1 fully saturated rings. The van der Waals surface area contributed by atoms with Crippen molar-refractivity contribution in [3.8, 4) is 0 Å². The van der Waals surface area contributed by atoms with Crippen LogP contribution in [-0.2, 0) is 4.74 Å². The quantitative estimate of drug-likeness (QED) is 0.567. The SMILES string of the molecule is CCC1CCC(C2=CCC(OC(F)(F)C(F)(F)CF)C=C2)CC1. The zero-order chi connectivity index (χ0) is 17.1. The number of hydrogen-bond donors (Lipinski definition) is 0. The monoisotopic (exact) mass is 338 g/mol. The maximum absolute atomic E-state index is 13.3. The fraction of sp³-hybridized carbons (Fsp3) is 0.765. The lowest BCUT2D eigenvalue weighted by Crippen LogP contribution is -2.46. The second-order valence-electron chi connectivity index (χ2n) is 6.44. The van der Waals surface area contributed by atoms with Crippen LogP contribution >= 0.6 is 0 Å². The Balaban J connectivity index is 1.88. The summed E-state index contributed by atoms with van der Waals surface area (Å²) >= 11 is 0. The van der Waals surface area contributed by atoms with Crippen molar-refractivity contribution >= 4 is 0 Å². The molecule has 0 bridgehead atoms. The second kappa shape index (κ2) is 7.32. The number of ether oxygens (including phenoxy) is 1. The molecule has 23 heavy (non-hydrogen) atoms. The van der Waals surface area contributed by atoms with Crippen molar-refractivity contribution in [2.24, 2.45) is 11.8 Å². The average Bonchev–Trinajstić information content (AvgIpc) is 2.55. The molecule has 0 aliphatic heterocycles. The molecule has 2 rings (SSSR count). The van der Waals surface area contributed by atoms with Gasteiger partial charge in [0.1, 0.15) is 0 Å². The van der Waals surface area contributed by atoms with Crippen LogP contribution in [0.15, 0.2) is 23.8 Å². The van der Waals surface area contributed by atoms with Gasteiger partial charge in [-0.15, -0.1) is 0 Å². The molecular formula is C17H23F5O. The first-order valence-corrected chi connectivity index (χ1v) is 8.16. The number of rotatable bonds is 6. The van der Waals surface area contributed by atoms with Crippen LogP contribution in [0.5, 0.6) is 0 Å². The van der Waals surface area contributed by atoms with Gasteiger partial charge >= 0.3 is 12.0 Å². The molecule has 0 N–H and O–H groups in total. The van der Waals surface area contributed by atoms with Crippen molar-refractivity contribution in [1.29, 1.82) is 0 Å². The van der Waals surface area contributed by atoms with Crippen molar-refractivity contribution in [3.05, 3.63) is 23.8 Å². The molecule has 0 aromatic heterocycles. The minimum Gasteiger partial charge on any atom is -0.308 e. The smallest absolute Gasteiger partial charge is 0.308 e. The fourth-order valence-electron chi connectivity index (χ4n) is 3.27. The minimum atomic E-state index is -4.80. The van der Waals surface area contributed by atoms with Crippen LogP contribution in [0, 0.1) is 11.8 Å². The van der Waals surface area contributed by atoms with Crippen LogP contribution in [0.1, 0.15) is 45.4 Å². The molecule has 2 aliphatic rings. The third kappa shape index (κ3) is 4.34. The molecule has 1 nitrogen and oxygen atoms in total. The average molecular weight is 338 g/mol. The first kappa shape index (κ1) is 18.4. The Kier molecular flexibility index (Phi) is 5.87. The number of hydrogen-bond acceptors (Lipinski definition) is 1. The molecule has 0 spiro atoms. The zero-order valence-corrected chi connectivity index (χ0v) is 13.2. The van der Waals surface area contributed by atoms with E-state index in [1.165, 1.54) is 12.5 Å². The van der Waals surface area contributed by atoms with E-state index in [4.69, 9.17) is 0 Å². The highest BCUT2D eigenvalue weighted by Gasteiger charge is 2.59. The predicted octanol–water partition coefficient (Wildman–Crippen LogP) is 5.67. The van der Waals surface area contributed by atoms with Gasteiger partial charge in [-0.3, -0.25) is 0 Å². The highest BCUT2D eigenvalue weighted by Crippen LogP contribution is 2.39.